The fraction of sp³-hybridized carbons (Fsp3) is 0.278. The van der Waals surface area contributed by atoms with E-state index in [1.165, 1.54) is 42.7 Å². The van der Waals surface area contributed by atoms with Crippen LogP contribution in [0.15, 0.2) is 47.4 Å². The van der Waals surface area contributed by atoms with Crippen molar-refractivity contribution >= 4 is 33.2 Å². The molecule has 2 rings (SSSR count). The fourth-order valence-corrected chi connectivity index (χ4v) is 3.73. The van der Waals surface area contributed by atoms with Crippen molar-refractivity contribution in [2.24, 2.45) is 0 Å². The molecule has 1 amide bonds. The van der Waals surface area contributed by atoms with Gasteiger partial charge in [0.15, 0.2) is 0 Å². The molecule has 2 aromatic carbocycles. The van der Waals surface area contributed by atoms with Crippen molar-refractivity contribution in [3.8, 4) is 5.75 Å². The van der Waals surface area contributed by atoms with Crippen LogP contribution in [0.5, 0.6) is 5.75 Å². The number of nitrogens with one attached hydrogen (secondary N) is 1. The highest BCUT2D eigenvalue weighted by Crippen LogP contribution is 2.28. The van der Waals surface area contributed by atoms with E-state index in [4.69, 9.17) is 16.3 Å². The first-order valence-electron chi connectivity index (χ1n) is 7.90. The Balaban J connectivity index is 2.24. The van der Waals surface area contributed by atoms with E-state index in [1.807, 2.05) is 0 Å². The maximum absolute atomic E-state index is 12.5. The summed E-state index contributed by atoms with van der Waals surface area (Å²) < 4.78 is 31.4. The van der Waals surface area contributed by atoms with E-state index in [9.17, 15) is 13.2 Å². The number of ether oxygens (including phenoxy) is 1. The Labute approximate surface area is 158 Å². The number of amides is 1. The highest BCUT2D eigenvalue weighted by atomic mass is 35.5. The lowest BCUT2D eigenvalue weighted by Crippen LogP contribution is -2.33. The highest BCUT2D eigenvalue weighted by Gasteiger charge is 2.23. The van der Waals surface area contributed by atoms with Crippen LogP contribution in [0.1, 0.15) is 24.2 Å². The van der Waals surface area contributed by atoms with E-state index in [-0.39, 0.29) is 10.9 Å². The van der Waals surface area contributed by atoms with Crippen molar-refractivity contribution in [1.82, 2.24) is 4.31 Å². The van der Waals surface area contributed by atoms with E-state index in [2.05, 4.69) is 5.32 Å². The van der Waals surface area contributed by atoms with Gasteiger partial charge in [0.1, 0.15) is 5.75 Å². The molecule has 26 heavy (non-hydrogen) atoms. The second-order valence-electron chi connectivity index (χ2n) is 5.94. The van der Waals surface area contributed by atoms with Crippen molar-refractivity contribution in [3.63, 3.8) is 0 Å². The van der Waals surface area contributed by atoms with Crippen LogP contribution in [0.25, 0.3) is 0 Å². The lowest BCUT2D eigenvalue weighted by molar-refractivity contribution is 0.102. The number of halogens is 1. The smallest absolute Gasteiger partial charge is 0.255 e. The molecule has 8 heteroatoms. The molecular formula is C18H21ClN2O4S. The fourth-order valence-electron chi connectivity index (χ4n) is 2.19. The number of carbonyl (C=O) groups excluding carboxylic acids is 1. The minimum absolute atomic E-state index is 0.130. The summed E-state index contributed by atoms with van der Waals surface area (Å²) in [6.07, 6.45) is 0. The van der Waals surface area contributed by atoms with Crippen LogP contribution in [0.4, 0.5) is 5.69 Å². The van der Waals surface area contributed by atoms with Gasteiger partial charge in [-0.25, -0.2) is 8.42 Å². The van der Waals surface area contributed by atoms with Gasteiger partial charge in [0, 0.05) is 23.7 Å². The van der Waals surface area contributed by atoms with Crippen LogP contribution in [0, 0.1) is 0 Å². The van der Waals surface area contributed by atoms with E-state index in [0.717, 1.165) is 0 Å². The summed E-state index contributed by atoms with van der Waals surface area (Å²) in [5, 5.41) is 3.17. The first-order chi connectivity index (χ1) is 12.2. The molecule has 0 unspecified atom stereocenters. The van der Waals surface area contributed by atoms with Gasteiger partial charge in [-0.1, -0.05) is 11.6 Å². The van der Waals surface area contributed by atoms with Crippen LogP contribution >= 0.6 is 11.6 Å². The highest BCUT2D eigenvalue weighted by molar-refractivity contribution is 7.89. The quantitative estimate of drug-likeness (QED) is 0.808. The third-order valence-corrected chi connectivity index (χ3v) is 6.21. The van der Waals surface area contributed by atoms with E-state index in [1.54, 1.807) is 32.0 Å². The van der Waals surface area contributed by atoms with Gasteiger partial charge in [-0.2, -0.15) is 4.31 Å². The Kier molecular flexibility index (Phi) is 6.28. The number of rotatable bonds is 6. The molecule has 1 N–H and O–H groups in total. The number of benzene rings is 2. The maximum atomic E-state index is 12.5. The summed E-state index contributed by atoms with van der Waals surface area (Å²) in [7, 11) is -0.582. The van der Waals surface area contributed by atoms with Gasteiger partial charge in [-0.05, 0) is 56.3 Å². The van der Waals surface area contributed by atoms with Crippen molar-refractivity contribution in [2.75, 3.05) is 19.5 Å². The standard InChI is InChI=1S/C18H21ClN2O4S/c1-12(2)21(3)26(23,24)15-8-5-13(6-9-15)18(22)20-16-11-14(19)7-10-17(16)25-4/h5-12H,1-4H3,(H,20,22). The maximum Gasteiger partial charge on any atom is 0.255 e. The summed E-state index contributed by atoms with van der Waals surface area (Å²) in [5.74, 6) is 0.0761. The lowest BCUT2D eigenvalue weighted by Gasteiger charge is -2.21. The van der Waals surface area contributed by atoms with Gasteiger partial charge in [0.05, 0.1) is 17.7 Å². The zero-order valence-corrected chi connectivity index (χ0v) is 16.6. The number of hydrogen-bond acceptors (Lipinski definition) is 4. The normalized spacial score (nSPS) is 11.7. The summed E-state index contributed by atoms with van der Waals surface area (Å²) in [6.45, 7) is 3.58. The largest absolute Gasteiger partial charge is 0.495 e. The van der Waals surface area contributed by atoms with Gasteiger partial charge in [-0.3, -0.25) is 4.79 Å². The molecule has 0 saturated heterocycles. The molecule has 0 spiro atoms. The van der Waals surface area contributed by atoms with Crippen LogP contribution in [-0.2, 0) is 10.0 Å². The number of nitrogens with zero attached hydrogens (tertiary/aromatic N) is 1. The predicted molar refractivity (Wildman–Crippen MR) is 102 cm³/mol. The molecule has 0 saturated carbocycles. The average Bonchev–Trinajstić information content (AvgIpc) is 2.61. The second-order valence-corrected chi connectivity index (χ2v) is 8.37. The third kappa shape index (κ3) is 4.35. The summed E-state index contributed by atoms with van der Waals surface area (Å²) in [5.41, 5.74) is 0.749. The number of hydrogen-bond donors (Lipinski definition) is 1. The molecule has 2 aromatic rings. The number of anilines is 1. The molecule has 0 aliphatic heterocycles. The second kappa shape index (κ2) is 8.07. The molecule has 0 aliphatic rings. The molecular weight excluding hydrogens is 376 g/mol. The molecule has 0 bridgehead atoms. The van der Waals surface area contributed by atoms with Crippen LogP contribution in [0.3, 0.4) is 0 Å². The Morgan fingerprint density at radius 2 is 1.77 bits per heavy atom. The molecule has 0 aromatic heterocycles. The van der Waals surface area contributed by atoms with Gasteiger partial charge >= 0.3 is 0 Å². The van der Waals surface area contributed by atoms with Crippen molar-refractivity contribution in [2.45, 2.75) is 24.8 Å². The van der Waals surface area contributed by atoms with Crippen molar-refractivity contribution in [1.29, 1.82) is 0 Å². The van der Waals surface area contributed by atoms with Gasteiger partial charge in [-0.15, -0.1) is 0 Å². The number of carbonyl (C=O) groups is 1. The van der Waals surface area contributed by atoms with E-state index < -0.39 is 15.9 Å². The molecule has 0 heterocycles. The Morgan fingerprint density at radius 3 is 2.31 bits per heavy atom. The molecule has 6 nitrogen and oxygen atoms in total. The molecule has 140 valence electrons. The number of methoxy groups -OCH3 is 1. The van der Waals surface area contributed by atoms with E-state index in [0.29, 0.717) is 22.0 Å². The molecule has 0 radical (unpaired) electrons. The average molecular weight is 397 g/mol. The third-order valence-electron chi connectivity index (χ3n) is 3.93. The zero-order chi connectivity index (χ0) is 19.5. The Hall–Kier alpha value is -2.09. The van der Waals surface area contributed by atoms with Crippen LogP contribution in [-0.4, -0.2) is 38.8 Å². The lowest BCUT2D eigenvalue weighted by atomic mass is 10.2. The van der Waals surface area contributed by atoms with Crippen molar-refractivity contribution < 1.29 is 17.9 Å². The molecule has 0 atom stereocenters. The van der Waals surface area contributed by atoms with Crippen LogP contribution in [0.2, 0.25) is 5.02 Å². The van der Waals surface area contributed by atoms with Gasteiger partial charge in [0.25, 0.3) is 5.91 Å². The molecule has 0 aliphatic carbocycles. The minimum Gasteiger partial charge on any atom is -0.495 e. The first kappa shape index (κ1) is 20.2. The zero-order valence-electron chi connectivity index (χ0n) is 15.0. The predicted octanol–water partition coefficient (Wildman–Crippen LogP) is 3.63. The monoisotopic (exact) mass is 396 g/mol. The van der Waals surface area contributed by atoms with Crippen LogP contribution < -0.4 is 10.1 Å². The Bertz CT molecular complexity index is 896. The number of sulfonamides is 1. The first-order valence-corrected chi connectivity index (χ1v) is 9.71. The van der Waals surface area contributed by atoms with Crippen molar-refractivity contribution in [3.05, 3.63) is 53.1 Å². The minimum atomic E-state index is -3.59. The topological polar surface area (TPSA) is 75.7 Å². The Morgan fingerprint density at radius 1 is 1.15 bits per heavy atom. The SMILES string of the molecule is COc1ccc(Cl)cc1NC(=O)c1ccc(S(=O)(=O)N(C)C(C)C)cc1. The summed E-state index contributed by atoms with van der Waals surface area (Å²) in [6, 6.07) is 10.5. The molecule has 0 fully saturated rings. The van der Waals surface area contributed by atoms with Gasteiger partial charge < -0.3 is 10.1 Å². The summed E-state index contributed by atoms with van der Waals surface area (Å²) in [4.78, 5) is 12.6. The van der Waals surface area contributed by atoms with E-state index >= 15 is 0 Å². The van der Waals surface area contributed by atoms with Gasteiger partial charge in [0.2, 0.25) is 10.0 Å². The summed E-state index contributed by atoms with van der Waals surface area (Å²) >= 11 is 5.95.